The summed E-state index contributed by atoms with van der Waals surface area (Å²) in [5, 5.41) is 2.58. The molecule has 0 spiro atoms. The molecule has 1 heterocycles. The summed E-state index contributed by atoms with van der Waals surface area (Å²) < 4.78 is 53.0. The van der Waals surface area contributed by atoms with Crippen LogP contribution in [0.15, 0.2) is 0 Å². The van der Waals surface area contributed by atoms with Gasteiger partial charge in [0.25, 0.3) is 11.9 Å². The van der Waals surface area contributed by atoms with Gasteiger partial charge in [0.2, 0.25) is 11.6 Å². The summed E-state index contributed by atoms with van der Waals surface area (Å²) in [5.74, 6) is -6.20. The van der Waals surface area contributed by atoms with E-state index < -0.39 is 29.2 Å². The van der Waals surface area contributed by atoms with Crippen LogP contribution in [0.5, 0.6) is 0 Å². The number of anilines is 1. The molecule has 1 aliphatic carbocycles. The quantitative estimate of drug-likeness (QED) is 0.652. The first-order chi connectivity index (χ1) is 8.80. The van der Waals surface area contributed by atoms with E-state index in [1.165, 1.54) is 0 Å². The van der Waals surface area contributed by atoms with Gasteiger partial charge in [0.15, 0.2) is 0 Å². The first-order valence-corrected chi connectivity index (χ1v) is 6.27. The van der Waals surface area contributed by atoms with Crippen molar-refractivity contribution in [1.29, 1.82) is 0 Å². The fourth-order valence-electron chi connectivity index (χ4n) is 2.64. The van der Waals surface area contributed by atoms with Crippen molar-refractivity contribution in [3.05, 3.63) is 23.5 Å². The van der Waals surface area contributed by atoms with Crippen molar-refractivity contribution < 1.29 is 17.6 Å². The molecular formula is C13H16F4N2. The lowest BCUT2D eigenvalue weighted by Crippen LogP contribution is -2.32. The predicted octanol–water partition coefficient (Wildman–Crippen LogP) is 4.02. The minimum atomic E-state index is -1.63. The average Bonchev–Trinajstić information content (AvgIpc) is 2.31. The summed E-state index contributed by atoms with van der Waals surface area (Å²) in [6.07, 6.45) is 3.34. The molecular weight excluding hydrogens is 260 g/mol. The molecule has 1 atom stereocenters. The normalized spacial score (nSPS) is 22.3. The van der Waals surface area contributed by atoms with Crippen LogP contribution in [0.25, 0.3) is 0 Å². The number of pyridine rings is 1. The van der Waals surface area contributed by atoms with Crippen LogP contribution in [-0.4, -0.2) is 11.0 Å². The monoisotopic (exact) mass is 276 g/mol. The number of nitrogens with zero attached hydrogens (tertiary/aromatic N) is 1. The van der Waals surface area contributed by atoms with Gasteiger partial charge in [-0.1, -0.05) is 20.3 Å². The Kier molecular flexibility index (Phi) is 3.69. The topological polar surface area (TPSA) is 24.9 Å². The van der Waals surface area contributed by atoms with Gasteiger partial charge in [0.05, 0.1) is 0 Å². The Morgan fingerprint density at radius 1 is 1.11 bits per heavy atom. The molecule has 106 valence electrons. The molecule has 2 rings (SSSR count). The highest BCUT2D eigenvalue weighted by Gasteiger charge is 2.30. The molecule has 1 N–H and O–H groups in total. The predicted molar refractivity (Wildman–Crippen MR) is 63.7 cm³/mol. The molecule has 1 saturated carbocycles. The summed E-state index contributed by atoms with van der Waals surface area (Å²) in [5.41, 5.74) is -0.708. The highest BCUT2D eigenvalue weighted by Crippen LogP contribution is 2.37. The minimum absolute atomic E-state index is 0.0486. The first-order valence-electron chi connectivity index (χ1n) is 6.27. The van der Waals surface area contributed by atoms with Crippen LogP contribution in [0.4, 0.5) is 23.2 Å². The van der Waals surface area contributed by atoms with E-state index in [9.17, 15) is 17.6 Å². The second kappa shape index (κ2) is 4.98. The highest BCUT2D eigenvalue weighted by molar-refractivity contribution is 5.46. The number of nitrogens with one attached hydrogen (secondary N) is 1. The zero-order valence-corrected chi connectivity index (χ0v) is 10.9. The van der Waals surface area contributed by atoms with Crippen LogP contribution >= 0.6 is 0 Å². The fourth-order valence-corrected chi connectivity index (χ4v) is 2.64. The zero-order chi connectivity index (χ0) is 14.2. The van der Waals surface area contributed by atoms with E-state index in [0.717, 1.165) is 12.8 Å². The Balaban J connectivity index is 2.24. The van der Waals surface area contributed by atoms with E-state index in [2.05, 4.69) is 24.1 Å². The van der Waals surface area contributed by atoms with Gasteiger partial charge in [-0.2, -0.15) is 22.5 Å². The Hall–Kier alpha value is -1.33. The van der Waals surface area contributed by atoms with Crippen molar-refractivity contribution in [2.45, 2.75) is 45.6 Å². The summed E-state index contributed by atoms with van der Waals surface area (Å²) in [7, 11) is 0. The lowest BCUT2D eigenvalue weighted by atomic mass is 9.75. The maximum Gasteiger partial charge on any atom is 0.253 e. The molecule has 19 heavy (non-hydrogen) atoms. The largest absolute Gasteiger partial charge is 0.377 e. The Labute approximate surface area is 109 Å². The lowest BCUT2D eigenvalue weighted by molar-refractivity contribution is 0.228. The van der Waals surface area contributed by atoms with Crippen molar-refractivity contribution in [2.24, 2.45) is 5.41 Å². The van der Waals surface area contributed by atoms with E-state index in [1.807, 2.05) is 0 Å². The summed E-state index contributed by atoms with van der Waals surface area (Å²) in [6.45, 7) is 4.11. The molecule has 0 aromatic carbocycles. The standard InChI is InChI=1S/C13H16F4N2/c1-13(2)5-3-4-7(6-13)18-10-8(14)11(16)19-12(17)9(10)15/h7H,3-6H2,1-2H3,(H,18,19). The average molecular weight is 276 g/mol. The van der Waals surface area contributed by atoms with Crippen molar-refractivity contribution in [3.63, 3.8) is 0 Å². The number of rotatable bonds is 2. The lowest BCUT2D eigenvalue weighted by Gasteiger charge is -2.36. The summed E-state index contributed by atoms with van der Waals surface area (Å²) >= 11 is 0. The van der Waals surface area contributed by atoms with Crippen molar-refractivity contribution >= 4 is 5.69 Å². The molecule has 1 fully saturated rings. The van der Waals surface area contributed by atoms with Crippen LogP contribution in [0.1, 0.15) is 39.5 Å². The van der Waals surface area contributed by atoms with Crippen LogP contribution in [0.2, 0.25) is 0 Å². The van der Waals surface area contributed by atoms with E-state index >= 15 is 0 Å². The van der Waals surface area contributed by atoms with Gasteiger partial charge in [-0.15, -0.1) is 0 Å². The molecule has 2 nitrogen and oxygen atoms in total. The second-order valence-electron chi connectivity index (χ2n) is 5.80. The van der Waals surface area contributed by atoms with E-state index in [1.54, 1.807) is 0 Å². The molecule has 1 aromatic rings. The van der Waals surface area contributed by atoms with Crippen molar-refractivity contribution in [3.8, 4) is 0 Å². The SMILES string of the molecule is CC1(C)CCCC(Nc2c(F)c(F)nc(F)c2F)C1. The van der Waals surface area contributed by atoms with E-state index in [-0.39, 0.29) is 11.5 Å². The Morgan fingerprint density at radius 2 is 1.68 bits per heavy atom. The van der Waals surface area contributed by atoms with Crippen molar-refractivity contribution in [1.82, 2.24) is 4.98 Å². The second-order valence-corrected chi connectivity index (χ2v) is 5.80. The van der Waals surface area contributed by atoms with Gasteiger partial charge < -0.3 is 5.32 Å². The van der Waals surface area contributed by atoms with Crippen LogP contribution in [0, 0.1) is 28.9 Å². The summed E-state index contributed by atoms with van der Waals surface area (Å²) in [4.78, 5) is 2.53. The highest BCUT2D eigenvalue weighted by atomic mass is 19.2. The number of aromatic nitrogens is 1. The van der Waals surface area contributed by atoms with Gasteiger partial charge >= 0.3 is 0 Å². The minimum Gasteiger partial charge on any atom is -0.377 e. The van der Waals surface area contributed by atoms with Gasteiger partial charge in [-0.05, 0) is 24.7 Å². The number of halogens is 4. The molecule has 0 aliphatic heterocycles. The first kappa shape index (κ1) is 14.1. The van der Waals surface area contributed by atoms with Crippen LogP contribution < -0.4 is 5.32 Å². The Morgan fingerprint density at radius 3 is 2.21 bits per heavy atom. The third-order valence-corrected chi connectivity index (χ3v) is 3.55. The van der Waals surface area contributed by atoms with Gasteiger partial charge in [-0.25, -0.2) is 0 Å². The van der Waals surface area contributed by atoms with Gasteiger partial charge in [0.1, 0.15) is 5.69 Å². The van der Waals surface area contributed by atoms with Crippen LogP contribution in [-0.2, 0) is 0 Å². The molecule has 1 aliphatic rings. The molecule has 0 bridgehead atoms. The smallest absolute Gasteiger partial charge is 0.253 e. The van der Waals surface area contributed by atoms with E-state index in [0.29, 0.717) is 12.8 Å². The molecule has 0 amide bonds. The molecule has 0 radical (unpaired) electrons. The summed E-state index contributed by atoms with van der Waals surface area (Å²) in [6, 6.07) is -0.200. The third kappa shape index (κ3) is 2.98. The van der Waals surface area contributed by atoms with Crippen LogP contribution in [0.3, 0.4) is 0 Å². The molecule has 1 unspecified atom stereocenters. The number of hydrogen-bond donors (Lipinski definition) is 1. The molecule has 1 aromatic heterocycles. The maximum absolute atomic E-state index is 13.5. The van der Waals surface area contributed by atoms with Gasteiger partial charge in [-0.3, -0.25) is 0 Å². The molecule has 0 saturated heterocycles. The third-order valence-electron chi connectivity index (χ3n) is 3.55. The Bertz CT molecular complexity index is 462. The molecule has 6 heteroatoms. The van der Waals surface area contributed by atoms with E-state index in [4.69, 9.17) is 0 Å². The van der Waals surface area contributed by atoms with Gasteiger partial charge in [0, 0.05) is 6.04 Å². The number of hydrogen-bond acceptors (Lipinski definition) is 2. The zero-order valence-electron chi connectivity index (χ0n) is 10.9. The van der Waals surface area contributed by atoms with Crippen molar-refractivity contribution in [2.75, 3.05) is 5.32 Å². The maximum atomic E-state index is 13.5. The fraction of sp³-hybridized carbons (Fsp3) is 0.615.